The highest BCUT2D eigenvalue weighted by Gasteiger charge is 2.29. The quantitative estimate of drug-likeness (QED) is 0.594. The van der Waals surface area contributed by atoms with E-state index in [0.717, 1.165) is 31.4 Å². The lowest BCUT2D eigenvalue weighted by Crippen LogP contribution is -2.12. The van der Waals surface area contributed by atoms with Crippen LogP contribution < -0.4 is 0 Å². The van der Waals surface area contributed by atoms with E-state index in [0.29, 0.717) is 40.6 Å². The molecule has 0 atom stereocenters. The van der Waals surface area contributed by atoms with E-state index < -0.39 is 5.97 Å². The second-order valence-corrected chi connectivity index (χ2v) is 6.57. The Morgan fingerprint density at radius 1 is 1.42 bits per heavy atom. The van der Waals surface area contributed by atoms with Crippen LogP contribution in [0.25, 0.3) is 11.1 Å². The molecule has 0 aliphatic heterocycles. The molecule has 0 saturated heterocycles. The van der Waals surface area contributed by atoms with E-state index in [1.807, 2.05) is 0 Å². The lowest BCUT2D eigenvalue weighted by atomic mass is 10.1. The number of rotatable bonds is 7. The molecule has 0 unspecified atom stereocenters. The van der Waals surface area contributed by atoms with Gasteiger partial charge in [-0.05, 0) is 42.7 Å². The second kappa shape index (κ2) is 6.81. The number of nitrogens with zero attached hydrogens (tertiary/aromatic N) is 6. The average molecular weight is 356 g/mol. The van der Waals surface area contributed by atoms with Crippen molar-refractivity contribution in [3.8, 4) is 0 Å². The first-order valence-electron chi connectivity index (χ1n) is 8.86. The van der Waals surface area contributed by atoms with Gasteiger partial charge in [-0.1, -0.05) is 18.5 Å². The molecule has 1 aliphatic rings. The van der Waals surface area contributed by atoms with Crippen LogP contribution in [0, 0.1) is 6.92 Å². The van der Waals surface area contributed by atoms with Crippen molar-refractivity contribution < 1.29 is 14.1 Å². The molecule has 3 heterocycles. The first kappa shape index (κ1) is 16.6. The van der Waals surface area contributed by atoms with Crippen LogP contribution >= 0.6 is 0 Å². The number of ether oxygens (including phenoxy) is 1. The van der Waals surface area contributed by atoms with Gasteiger partial charge in [-0.15, -0.1) is 5.10 Å². The van der Waals surface area contributed by atoms with Gasteiger partial charge < -0.3 is 9.26 Å². The number of aryl methyl sites for hydroxylation is 2. The van der Waals surface area contributed by atoms with E-state index in [4.69, 9.17) is 9.26 Å². The largest absolute Gasteiger partial charge is 0.454 e. The van der Waals surface area contributed by atoms with E-state index in [1.54, 1.807) is 17.7 Å². The van der Waals surface area contributed by atoms with Crippen molar-refractivity contribution in [1.29, 1.82) is 0 Å². The standard InChI is InChI=1S/C17H20N6O3/c1-3-4-7-23-14(19-21-22-23)9-25-17(24)12-8-13(11-5-6-11)18-16-15(12)10(2)20-26-16/h8,11H,3-7,9H2,1-2H3. The van der Waals surface area contributed by atoms with Gasteiger partial charge in [0.05, 0.1) is 16.6 Å². The molecule has 0 spiro atoms. The molecule has 0 amide bonds. The van der Waals surface area contributed by atoms with Gasteiger partial charge in [0.2, 0.25) is 0 Å². The Bertz CT molecular complexity index is 943. The summed E-state index contributed by atoms with van der Waals surface area (Å²) >= 11 is 0. The fraction of sp³-hybridized carbons (Fsp3) is 0.529. The number of carbonyl (C=O) groups excluding carboxylic acids is 1. The van der Waals surface area contributed by atoms with E-state index in [-0.39, 0.29) is 6.61 Å². The van der Waals surface area contributed by atoms with Gasteiger partial charge in [-0.3, -0.25) is 0 Å². The molecule has 1 saturated carbocycles. The zero-order chi connectivity index (χ0) is 18.1. The SMILES string of the molecule is CCCCn1nnnc1COC(=O)c1cc(C2CC2)nc2onc(C)c12. The van der Waals surface area contributed by atoms with Crippen LogP contribution in [0.2, 0.25) is 0 Å². The van der Waals surface area contributed by atoms with Crippen molar-refractivity contribution in [2.75, 3.05) is 0 Å². The Balaban J connectivity index is 1.56. The lowest BCUT2D eigenvalue weighted by molar-refractivity contribution is 0.0458. The minimum absolute atomic E-state index is 0.0163. The van der Waals surface area contributed by atoms with Crippen molar-refractivity contribution in [2.24, 2.45) is 0 Å². The summed E-state index contributed by atoms with van der Waals surface area (Å²) < 4.78 is 12.4. The molecule has 0 radical (unpaired) electrons. The Labute approximate surface area is 149 Å². The summed E-state index contributed by atoms with van der Waals surface area (Å²) in [5, 5.41) is 16.1. The molecule has 4 rings (SSSR count). The molecule has 26 heavy (non-hydrogen) atoms. The predicted molar refractivity (Wildman–Crippen MR) is 90.4 cm³/mol. The van der Waals surface area contributed by atoms with Crippen LogP contribution in [0.3, 0.4) is 0 Å². The molecule has 136 valence electrons. The smallest absolute Gasteiger partial charge is 0.339 e. The van der Waals surface area contributed by atoms with Gasteiger partial charge in [0.15, 0.2) is 12.4 Å². The zero-order valence-corrected chi connectivity index (χ0v) is 14.8. The number of tetrazole rings is 1. The molecule has 0 aromatic carbocycles. The van der Waals surface area contributed by atoms with Crippen molar-refractivity contribution >= 4 is 17.1 Å². The Hall–Kier alpha value is -2.84. The van der Waals surface area contributed by atoms with Gasteiger partial charge in [-0.25, -0.2) is 14.5 Å². The fourth-order valence-electron chi connectivity index (χ4n) is 2.88. The number of carbonyl (C=O) groups is 1. The third-order valence-corrected chi connectivity index (χ3v) is 4.51. The van der Waals surface area contributed by atoms with Gasteiger partial charge in [0.25, 0.3) is 5.71 Å². The summed E-state index contributed by atoms with van der Waals surface area (Å²) in [4.78, 5) is 17.2. The number of unbranched alkanes of at least 4 members (excludes halogenated alkanes) is 1. The van der Waals surface area contributed by atoms with E-state index in [9.17, 15) is 4.79 Å². The number of esters is 1. The molecule has 0 bridgehead atoms. The number of aromatic nitrogens is 6. The molecule has 1 fully saturated rings. The summed E-state index contributed by atoms with van der Waals surface area (Å²) in [6, 6.07) is 1.80. The molecular formula is C17H20N6O3. The van der Waals surface area contributed by atoms with E-state index in [2.05, 4.69) is 32.6 Å². The molecule has 0 N–H and O–H groups in total. The van der Waals surface area contributed by atoms with Gasteiger partial charge in [-0.2, -0.15) is 0 Å². The average Bonchev–Trinajstić information content (AvgIpc) is 3.30. The van der Waals surface area contributed by atoms with Gasteiger partial charge in [0.1, 0.15) is 0 Å². The first-order valence-corrected chi connectivity index (χ1v) is 8.86. The first-order chi connectivity index (χ1) is 12.7. The molecule has 3 aromatic heterocycles. The Kier molecular flexibility index (Phi) is 4.36. The Morgan fingerprint density at radius 3 is 3.04 bits per heavy atom. The number of fused-ring (bicyclic) bond motifs is 1. The highest BCUT2D eigenvalue weighted by molar-refractivity contribution is 6.03. The van der Waals surface area contributed by atoms with Crippen LogP contribution in [0.5, 0.6) is 0 Å². The maximum atomic E-state index is 12.7. The van der Waals surface area contributed by atoms with Crippen molar-refractivity contribution in [1.82, 2.24) is 30.3 Å². The molecule has 3 aromatic rings. The van der Waals surface area contributed by atoms with Gasteiger partial charge in [0, 0.05) is 18.2 Å². The molecular weight excluding hydrogens is 336 g/mol. The third-order valence-electron chi connectivity index (χ3n) is 4.51. The molecule has 1 aliphatic carbocycles. The van der Waals surface area contributed by atoms with E-state index >= 15 is 0 Å². The minimum atomic E-state index is -0.448. The highest BCUT2D eigenvalue weighted by Crippen LogP contribution is 2.40. The molecule has 9 heteroatoms. The highest BCUT2D eigenvalue weighted by atomic mass is 16.5. The molecule has 9 nitrogen and oxygen atoms in total. The van der Waals surface area contributed by atoms with Crippen molar-refractivity contribution in [3.63, 3.8) is 0 Å². The minimum Gasteiger partial charge on any atom is -0.454 e. The topological polar surface area (TPSA) is 109 Å². The fourth-order valence-corrected chi connectivity index (χ4v) is 2.88. The zero-order valence-electron chi connectivity index (χ0n) is 14.8. The number of hydrogen-bond acceptors (Lipinski definition) is 8. The van der Waals surface area contributed by atoms with Crippen LogP contribution in [0.15, 0.2) is 10.6 Å². The maximum absolute atomic E-state index is 12.7. The summed E-state index contributed by atoms with van der Waals surface area (Å²) in [5.74, 6) is 0.467. The lowest BCUT2D eigenvalue weighted by Gasteiger charge is -2.07. The summed E-state index contributed by atoms with van der Waals surface area (Å²) in [7, 11) is 0. The monoisotopic (exact) mass is 356 g/mol. The normalized spacial score (nSPS) is 14.1. The van der Waals surface area contributed by atoms with Crippen molar-refractivity contribution in [2.45, 2.75) is 58.6 Å². The van der Waals surface area contributed by atoms with Crippen molar-refractivity contribution in [3.05, 3.63) is 28.8 Å². The van der Waals surface area contributed by atoms with Crippen LogP contribution in [-0.2, 0) is 17.9 Å². The van der Waals surface area contributed by atoms with Crippen LogP contribution in [0.4, 0.5) is 0 Å². The summed E-state index contributed by atoms with van der Waals surface area (Å²) in [6.45, 7) is 4.60. The maximum Gasteiger partial charge on any atom is 0.339 e. The predicted octanol–water partition coefficient (Wildman–Crippen LogP) is 2.55. The summed E-state index contributed by atoms with van der Waals surface area (Å²) in [6.07, 6.45) is 4.14. The summed E-state index contributed by atoms with van der Waals surface area (Å²) in [5.41, 5.74) is 2.29. The third kappa shape index (κ3) is 3.16. The number of hydrogen-bond donors (Lipinski definition) is 0. The Morgan fingerprint density at radius 2 is 2.27 bits per heavy atom. The van der Waals surface area contributed by atoms with E-state index in [1.165, 1.54) is 0 Å². The van der Waals surface area contributed by atoms with Gasteiger partial charge >= 0.3 is 5.97 Å². The van der Waals surface area contributed by atoms with Crippen LogP contribution in [0.1, 0.15) is 66.1 Å². The number of pyridine rings is 1. The van der Waals surface area contributed by atoms with Crippen LogP contribution in [-0.4, -0.2) is 36.3 Å². The second-order valence-electron chi connectivity index (χ2n) is 6.57.